The van der Waals surface area contributed by atoms with Gasteiger partial charge in [0, 0.05) is 25.0 Å². The lowest BCUT2D eigenvalue weighted by molar-refractivity contribution is 0.0695. The van der Waals surface area contributed by atoms with Crippen molar-refractivity contribution in [3.8, 4) is 0 Å². The van der Waals surface area contributed by atoms with Crippen molar-refractivity contribution in [2.24, 2.45) is 0 Å². The van der Waals surface area contributed by atoms with E-state index in [0.717, 1.165) is 17.0 Å². The second-order valence-electron chi connectivity index (χ2n) is 6.40. The lowest BCUT2D eigenvalue weighted by atomic mass is 10.1. The normalized spacial score (nSPS) is 10.9. The Kier molecular flexibility index (Phi) is 4.46. The van der Waals surface area contributed by atoms with Gasteiger partial charge in [-0.25, -0.2) is 14.3 Å². The monoisotopic (exact) mass is 352 g/mol. The quantitative estimate of drug-likeness (QED) is 0.780. The molecule has 0 atom stereocenters. The summed E-state index contributed by atoms with van der Waals surface area (Å²) in [5, 5.41) is 13.4. The van der Waals surface area contributed by atoms with Gasteiger partial charge < -0.3 is 10.0 Å². The summed E-state index contributed by atoms with van der Waals surface area (Å²) in [5.74, 6) is -1.14. The fourth-order valence-corrected chi connectivity index (χ4v) is 2.97. The number of fused-ring (bicyclic) bond motifs is 1. The molecule has 0 saturated carbocycles. The predicted molar refractivity (Wildman–Crippen MR) is 96.4 cm³/mol. The van der Waals surface area contributed by atoms with Gasteiger partial charge in [0.2, 0.25) is 0 Å². The molecule has 1 N–H and O–H groups in total. The molecule has 1 amide bonds. The minimum absolute atomic E-state index is 0.169. The van der Waals surface area contributed by atoms with Gasteiger partial charge in [-0.1, -0.05) is 12.1 Å². The van der Waals surface area contributed by atoms with Crippen LogP contribution in [0.25, 0.3) is 5.65 Å². The molecule has 7 heteroatoms. The molecule has 0 radical (unpaired) electrons. The fourth-order valence-electron chi connectivity index (χ4n) is 2.97. The van der Waals surface area contributed by atoms with Crippen molar-refractivity contribution in [3.63, 3.8) is 0 Å². The van der Waals surface area contributed by atoms with E-state index in [1.165, 1.54) is 12.1 Å². The lowest BCUT2D eigenvalue weighted by Crippen LogP contribution is -2.27. The summed E-state index contributed by atoms with van der Waals surface area (Å²) in [6.07, 6.45) is 0. The highest BCUT2D eigenvalue weighted by Gasteiger charge is 2.22. The standard InChI is InChI=1S/C19H20N4O3/c1-11-9-12(2)23-17(20-11)16(13(3)21-23)18(24)22(4)10-14-5-7-15(8-6-14)19(25)26/h5-9H,10H2,1-4H3,(H,25,26). The van der Waals surface area contributed by atoms with Crippen LogP contribution in [0.1, 0.15) is 43.4 Å². The average Bonchev–Trinajstić information content (AvgIpc) is 2.91. The molecule has 1 aromatic carbocycles. The molecule has 2 heterocycles. The van der Waals surface area contributed by atoms with Gasteiger partial charge in [-0.05, 0) is 44.5 Å². The van der Waals surface area contributed by atoms with Crippen LogP contribution in [0, 0.1) is 20.8 Å². The number of aromatic nitrogens is 3. The van der Waals surface area contributed by atoms with Crippen molar-refractivity contribution in [3.05, 3.63) is 64.1 Å². The molecule has 26 heavy (non-hydrogen) atoms. The molecule has 7 nitrogen and oxygen atoms in total. The smallest absolute Gasteiger partial charge is 0.335 e. The van der Waals surface area contributed by atoms with Crippen LogP contribution in [0.2, 0.25) is 0 Å². The van der Waals surface area contributed by atoms with Crippen LogP contribution in [0.5, 0.6) is 0 Å². The molecule has 134 valence electrons. The van der Waals surface area contributed by atoms with Gasteiger partial charge in [0.05, 0.1) is 11.3 Å². The third-order valence-corrected chi connectivity index (χ3v) is 4.25. The minimum atomic E-state index is -0.972. The van der Waals surface area contributed by atoms with Gasteiger partial charge in [0.1, 0.15) is 5.56 Å². The molecule has 0 bridgehead atoms. The maximum atomic E-state index is 13.0. The first-order valence-corrected chi connectivity index (χ1v) is 8.19. The SMILES string of the molecule is Cc1cc(C)n2nc(C)c(C(=O)N(C)Cc3ccc(C(=O)O)cc3)c2n1. The number of benzene rings is 1. The molecule has 0 aliphatic carbocycles. The van der Waals surface area contributed by atoms with Crippen molar-refractivity contribution in [1.82, 2.24) is 19.5 Å². The first kappa shape index (κ1) is 17.6. The van der Waals surface area contributed by atoms with E-state index >= 15 is 0 Å². The van der Waals surface area contributed by atoms with Crippen molar-refractivity contribution >= 4 is 17.5 Å². The van der Waals surface area contributed by atoms with Gasteiger partial charge in [-0.2, -0.15) is 5.10 Å². The lowest BCUT2D eigenvalue weighted by Gasteiger charge is -2.17. The largest absolute Gasteiger partial charge is 0.478 e. The number of hydrogen-bond donors (Lipinski definition) is 1. The van der Waals surface area contributed by atoms with Gasteiger partial charge in [-0.3, -0.25) is 4.79 Å². The summed E-state index contributed by atoms with van der Waals surface area (Å²) >= 11 is 0. The Bertz CT molecular complexity index is 1010. The number of carbonyl (C=O) groups is 2. The number of hydrogen-bond acceptors (Lipinski definition) is 4. The van der Waals surface area contributed by atoms with E-state index in [-0.39, 0.29) is 11.5 Å². The van der Waals surface area contributed by atoms with Crippen LogP contribution in [0.3, 0.4) is 0 Å². The van der Waals surface area contributed by atoms with Gasteiger partial charge in [0.25, 0.3) is 5.91 Å². The van der Waals surface area contributed by atoms with Crippen LogP contribution in [-0.2, 0) is 6.54 Å². The van der Waals surface area contributed by atoms with E-state index < -0.39 is 5.97 Å². The van der Waals surface area contributed by atoms with Crippen LogP contribution >= 0.6 is 0 Å². The Morgan fingerprint density at radius 1 is 1.15 bits per heavy atom. The number of carboxylic acid groups (broad SMARTS) is 1. The Hall–Kier alpha value is -3.22. The summed E-state index contributed by atoms with van der Waals surface area (Å²) in [5.41, 5.74) is 4.48. The van der Waals surface area contributed by atoms with E-state index in [0.29, 0.717) is 23.4 Å². The zero-order chi connectivity index (χ0) is 19.0. The molecule has 0 aliphatic rings. The highest BCUT2D eigenvalue weighted by Crippen LogP contribution is 2.19. The Morgan fingerprint density at radius 3 is 2.42 bits per heavy atom. The molecule has 3 aromatic rings. The van der Waals surface area contributed by atoms with E-state index in [1.54, 1.807) is 35.5 Å². The molecular weight excluding hydrogens is 332 g/mol. The maximum Gasteiger partial charge on any atom is 0.335 e. The van der Waals surface area contributed by atoms with E-state index in [1.807, 2.05) is 19.9 Å². The van der Waals surface area contributed by atoms with Gasteiger partial charge >= 0.3 is 5.97 Å². The Labute approximate surface area is 150 Å². The van der Waals surface area contributed by atoms with Crippen LogP contribution in [0.4, 0.5) is 0 Å². The zero-order valence-electron chi connectivity index (χ0n) is 15.1. The number of carboxylic acids is 1. The van der Waals surface area contributed by atoms with E-state index in [9.17, 15) is 9.59 Å². The first-order chi connectivity index (χ1) is 12.3. The Balaban J connectivity index is 1.90. The number of amides is 1. The molecule has 0 unspecified atom stereocenters. The predicted octanol–water partition coefficient (Wildman–Crippen LogP) is 2.62. The van der Waals surface area contributed by atoms with Crippen molar-refractivity contribution in [2.75, 3.05) is 7.05 Å². The number of nitrogens with zero attached hydrogens (tertiary/aromatic N) is 4. The van der Waals surface area contributed by atoms with Crippen LogP contribution in [0.15, 0.2) is 30.3 Å². The molecule has 2 aromatic heterocycles. The summed E-state index contributed by atoms with van der Waals surface area (Å²) in [4.78, 5) is 30.0. The molecule has 0 aliphatic heterocycles. The summed E-state index contributed by atoms with van der Waals surface area (Å²) in [7, 11) is 1.71. The fraction of sp³-hybridized carbons (Fsp3) is 0.263. The van der Waals surface area contributed by atoms with Crippen LogP contribution < -0.4 is 0 Å². The summed E-state index contributed by atoms with van der Waals surface area (Å²) < 4.78 is 1.69. The average molecular weight is 352 g/mol. The second kappa shape index (κ2) is 6.59. The van der Waals surface area contributed by atoms with Crippen molar-refractivity contribution < 1.29 is 14.7 Å². The summed E-state index contributed by atoms with van der Waals surface area (Å²) in [6, 6.07) is 8.41. The molecule has 0 saturated heterocycles. The van der Waals surface area contributed by atoms with E-state index in [4.69, 9.17) is 5.11 Å². The third-order valence-electron chi connectivity index (χ3n) is 4.25. The molecule has 3 rings (SSSR count). The highest BCUT2D eigenvalue weighted by atomic mass is 16.4. The zero-order valence-corrected chi connectivity index (χ0v) is 15.1. The number of aryl methyl sites for hydroxylation is 3. The van der Waals surface area contributed by atoms with Crippen molar-refractivity contribution in [1.29, 1.82) is 0 Å². The minimum Gasteiger partial charge on any atom is -0.478 e. The van der Waals surface area contributed by atoms with Gasteiger partial charge in [0.15, 0.2) is 5.65 Å². The Morgan fingerprint density at radius 2 is 1.81 bits per heavy atom. The maximum absolute atomic E-state index is 13.0. The number of aromatic carboxylic acids is 1. The van der Waals surface area contributed by atoms with E-state index in [2.05, 4.69) is 10.1 Å². The van der Waals surface area contributed by atoms with Crippen molar-refractivity contribution in [2.45, 2.75) is 27.3 Å². The highest BCUT2D eigenvalue weighted by molar-refractivity contribution is 6.01. The van der Waals surface area contributed by atoms with Crippen LogP contribution in [-0.4, -0.2) is 43.5 Å². The number of rotatable bonds is 4. The number of carbonyl (C=O) groups excluding carboxylic acids is 1. The first-order valence-electron chi connectivity index (χ1n) is 8.19. The van der Waals surface area contributed by atoms with Gasteiger partial charge in [-0.15, -0.1) is 0 Å². The summed E-state index contributed by atoms with van der Waals surface area (Å²) in [6.45, 7) is 5.97. The molecular formula is C19H20N4O3. The molecule has 0 spiro atoms. The second-order valence-corrected chi connectivity index (χ2v) is 6.40. The molecule has 0 fully saturated rings. The topological polar surface area (TPSA) is 87.8 Å². The third kappa shape index (κ3) is 3.15.